The molecule has 1 N–H and O–H groups in total. The molecular weight excluding hydrogens is 396 g/mol. The van der Waals surface area contributed by atoms with Gasteiger partial charge in [-0.15, -0.1) is 11.3 Å². The standard InChI is InChI=1S/C20H15BrN2OS/c1-11-4-3-5-13(8-11)18-22-19(24)17-15(10-25-20(17)23-18)14-9-12(2)6-7-16(14)21/h3-10H,1-2H3,(H,22,23,24). The third-order valence-corrected chi connectivity index (χ3v) is 5.71. The van der Waals surface area contributed by atoms with Crippen LogP contribution in [0.15, 0.2) is 57.1 Å². The molecule has 0 fully saturated rings. The van der Waals surface area contributed by atoms with Crippen molar-refractivity contribution in [2.45, 2.75) is 13.8 Å². The molecule has 0 saturated heterocycles. The van der Waals surface area contributed by atoms with Gasteiger partial charge in [-0.3, -0.25) is 4.79 Å². The first kappa shape index (κ1) is 16.2. The summed E-state index contributed by atoms with van der Waals surface area (Å²) in [6, 6.07) is 14.1. The fourth-order valence-corrected chi connectivity index (χ4v) is 4.32. The van der Waals surface area contributed by atoms with E-state index in [-0.39, 0.29) is 5.56 Å². The number of nitrogens with zero attached hydrogens (tertiary/aromatic N) is 1. The zero-order valence-corrected chi connectivity index (χ0v) is 16.2. The monoisotopic (exact) mass is 410 g/mol. The maximum absolute atomic E-state index is 12.8. The molecule has 25 heavy (non-hydrogen) atoms. The van der Waals surface area contributed by atoms with Crippen molar-refractivity contribution in [1.29, 1.82) is 0 Å². The van der Waals surface area contributed by atoms with Gasteiger partial charge in [0.2, 0.25) is 0 Å². The molecule has 0 spiro atoms. The highest BCUT2D eigenvalue weighted by molar-refractivity contribution is 9.10. The summed E-state index contributed by atoms with van der Waals surface area (Å²) in [7, 11) is 0. The fraction of sp³-hybridized carbons (Fsp3) is 0.100. The molecule has 0 atom stereocenters. The summed E-state index contributed by atoms with van der Waals surface area (Å²) in [5.41, 5.74) is 5.04. The van der Waals surface area contributed by atoms with E-state index in [1.165, 1.54) is 11.3 Å². The molecule has 0 amide bonds. The number of aryl methyl sites for hydroxylation is 2. The number of fused-ring (bicyclic) bond motifs is 1. The second-order valence-electron chi connectivity index (χ2n) is 6.10. The third kappa shape index (κ3) is 2.94. The number of hydrogen-bond acceptors (Lipinski definition) is 3. The van der Waals surface area contributed by atoms with Crippen LogP contribution in [0.4, 0.5) is 0 Å². The average molecular weight is 411 g/mol. The molecule has 5 heteroatoms. The Labute approximate surface area is 157 Å². The second-order valence-corrected chi connectivity index (χ2v) is 7.81. The molecular formula is C20H15BrN2OS. The first-order valence-corrected chi connectivity index (χ1v) is 9.55. The number of halogens is 1. The summed E-state index contributed by atoms with van der Waals surface area (Å²) in [6.07, 6.45) is 0. The molecule has 2 aromatic heterocycles. The number of hydrogen-bond donors (Lipinski definition) is 1. The Morgan fingerprint density at radius 3 is 2.64 bits per heavy atom. The summed E-state index contributed by atoms with van der Waals surface area (Å²) in [5, 5.41) is 2.65. The van der Waals surface area contributed by atoms with Gasteiger partial charge in [0.1, 0.15) is 10.7 Å². The molecule has 3 nitrogen and oxygen atoms in total. The lowest BCUT2D eigenvalue weighted by molar-refractivity contribution is 1.19. The predicted molar refractivity (Wildman–Crippen MR) is 108 cm³/mol. The van der Waals surface area contributed by atoms with Gasteiger partial charge in [0.25, 0.3) is 5.56 Å². The lowest BCUT2D eigenvalue weighted by Crippen LogP contribution is -2.09. The Morgan fingerprint density at radius 1 is 1.04 bits per heavy atom. The molecule has 0 saturated carbocycles. The molecule has 124 valence electrons. The summed E-state index contributed by atoms with van der Waals surface area (Å²) in [6.45, 7) is 4.07. The fourth-order valence-electron chi connectivity index (χ4n) is 2.92. The van der Waals surface area contributed by atoms with Crippen LogP contribution >= 0.6 is 27.3 Å². The molecule has 2 aromatic carbocycles. The minimum absolute atomic E-state index is 0.105. The molecule has 0 radical (unpaired) electrons. The smallest absolute Gasteiger partial charge is 0.260 e. The van der Waals surface area contributed by atoms with Crippen LogP contribution in [-0.2, 0) is 0 Å². The summed E-state index contributed by atoms with van der Waals surface area (Å²) < 4.78 is 0.972. The number of H-pyrrole nitrogens is 1. The van der Waals surface area contributed by atoms with E-state index in [0.29, 0.717) is 11.2 Å². The van der Waals surface area contributed by atoms with E-state index in [1.54, 1.807) is 0 Å². The van der Waals surface area contributed by atoms with E-state index in [2.05, 4.69) is 27.0 Å². The summed E-state index contributed by atoms with van der Waals surface area (Å²) in [4.78, 5) is 21.2. The van der Waals surface area contributed by atoms with Crippen LogP contribution in [0, 0.1) is 13.8 Å². The molecule has 0 aliphatic rings. The van der Waals surface area contributed by atoms with Gasteiger partial charge in [0.05, 0.1) is 5.39 Å². The first-order chi connectivity index (χ1) is 12.0. The van der Waals surface area contributed by atoms with Crippen LogP contribution in [0.25, 0.3) is 32.7 Å². The van der Waals surface area contributed by atoms with Crippen LogP contribution in [0.2, 0.25) is 0 Å². The maximum Gasteiger partial charge on any atom is 0.260 e. The van der Waals surface area contributed by atoms with E-state index in [9.17, 15) is 4.79 Å². The minimum atomic E-state index is -0.105. The summed E-state index contributed by atoms with van der Waals surface area (Å²) >= 11 is 5.09. The molecule has 2 heterocycles. The molecule has 0 unspecified atom stereocenters. The lowest BCUT2D eigenvalue weighted by atomic mass is 10.0. The number of benzene rings is 2. The Kier molecular flexibility index (Phi) is 4.06. The first-order valence-electron chi connectivity index (χ1n) is 7.88. The van der Waals surface area contributed by atoms with Gasteiger partial charge in [-0.25, -0.2) is 4.98 Å². The van der Waals surface area contributed by atoms with Crippen molar-refractivity contribution < 1.29 is 0 Å². The van der Waals surface area contributed by atoms with Gasteiger partial charge in [-0.2, -0.15) is 0 Å². The normalized spacial score (nSPS) is 11.2. The lowest BCUT2D eigenvalue weighted by Gasteiger charge is -2.06. The topological polar surface area (TPSA) is 45.8 Å². The summed E-state index contributed by atoms with van der Waals surface area (Å²) in [5.74, 6) is 0.609. The predicted octanol–water partition coefficient (Wildman–Crippen LogP) is 5.70. The molecule has 0 aliphatic heterocycles. The van der Waals surface area contributed by atoms with Crippen LogP contribution in [0.1, 0.15) is 11.1 Å². The Bertz CT molecular complexity index is 1160. The van der Waals surface area contributed by atoms with Crippen molar-refractivity contribution in [3.05, 3.63) is 73.8 Å². The SMILES string of the molecule is Cc1cccc(-c2nc3scc(-c4cc(C)ccc4Br)c3c(=O)[nH]2)c1. The van der Waals surface area contributed by atoms with Crippen LogP contribution in [-0.4, -0.2) is 9.97 Å². The van der Waals surface area contributed by atoms with E-state index in [1.807, 2.05) is 55.6 Å². The highest BCUT2D eigenvalue weighted by Gasteiger charge is 2.15. The van der Waals surface area contributed by atoms with Gasteiger partial charge in [-0.05, 0) is 31.5 Å². The number of nitrogens with one attached hydrogen (secondary N) is 1. The van der Waals surface area contributed by atoms with Crippen molar-refractivity contribution in [3.63, 3.8) is 0 Å². The Balaban J connectivity index is 1.94. The largest absolute Gasteiger partial charge is 0.306 e. The second kappa shape index (κ2) is 6.24. The molecule has 0 bridgehead atoms. The van der Waals surface area contributed by atoms with Gasteiger partial charge >= 0.3 is 0 Å². The Hall–Kier alpha value is -2.24. The van der Waals surface area contributed by atoms with Crippen molar-refractivity contribution in [2.24, 2.45) is 0 Å². The molecule has 4 rings (SSSR count). The number of aromatic nitrogens is 2. The number of thiophene rings is 1. The third-order valence-electron chi connectivity index (χ3n) is 4.15. The zero-order chi connectivity index (χ0) is 17.6. The van der Waals surface area contributed by atoms with Crippen molar-refractivity contribution >= 4 is 37.5 Å². The zero-order valence-electron chi connectivity index (χ0n) is 13.8. The van der Waals surface area contributed by atoms with Gasteiger partial charge in [-0.1, -0.05) is 57.4 Å². The van der Waals surface area contributed by atoms with E-state index in [0.717, 1.165) is 37.1 Å². The molecule has 4 aromatic rings. The van der Waals surface area contributed by atoms with E-state index >= 15 is 0 Å². The van der Waals surface area contributed by atoms with Crippen LogP contribution in [0.3, 0.4) is 0 Å². The van der Waals surface area contributed by atoms with Gasteiger partial charge < -0.3 is 4.98 Å². The van der Waals surface area contributed by atoms with Crippen LogP contribution in [0.5, 0.6) is 0 Å². The van der Waals surface area contributed by atoms with Crippen molar-refractivity contribution in [1.82, 2.24) is 9.97 Å². The van der Waals surface area contributed by atoms with E-state index < -0.39 is 0 Å². The highest BCUT2D eigenvalue weighted by Crippen LogP contribution is 2.36. The average Bonchev–Trinajstić information content (AvgIpc) is 3.01. The van der Waals surface area contributed by atoms with Gasteiger partial charge in [0, 0.05) is 21.0 Å². The number of rotatable bonds is 2. The maximum atomic E-state index is 12.8. The van der Waals surface area contributed by atoms with E-state index in [4.69, 9.17) is 4.98 Å². The Morgan fingerprint density at radius 2 is 1.84 bits per heavy atom. The van der Waals surface area contributed by atoms with Crippen molar-refractivity contribution in [3.8, 4) is 22.5 Å². The number of aromatic amines is 1. The van der Waals surface area contributed by atoms with Crippen LogP contribution < -0.4 is 5.56 Å². The highest BCUT2D eigenvalue weighted by atomic mass is 79.9. The minimum Gasteiger partial charge on any atom is -0.306 e. The van der Waals surface area contributed by atoms with Gasteiger partial charge in [0.15, 0.2) is 0 Å². The van der Waals surface area contributed by atoms with Crippen molar-refractivity contribution in [2.75, 3.05) is 0 Å². The quantitative estimate of drug-likeness (QED) is 0.460. The molecule has 0 aliphatic carbocycles.